The van der Waals surface area contributed by atoms with E-state index in [0.29, 0.717) is 12.5 Å². The van der Waals surface area contributed by atoms with Crippen molar-refractivity contribution in [2.45, 2.75) is 36.6 Å². The van der Waals surface area contributed by atoms with Crippen molar-refractivity contribution >= 4 is 22.5 Å². The number of rotatable bonds is 8. The Balaban J connectivity index is 1.18. The summed E-state index contributed by atoms with van der Waals surface area (Å²) in [5.41, 5.74) is 3.96. The van der Waals surface area contributed by atoms with E-state index in [1.54, 1.807) is 24.2 Å². The molecule has 0 bridgehead atoms. The van der Waals surface area contributed by atoms with Crippen molar-refractivity contribution in [2.24, 2.45) is 0 Å². The highest BCUT2D eigenvalue weighted by Gasteiger charge is 2.27. The zero-order valence-corrected chi connectivity index (χ0v) is 19.5. The van der Waals surface area contributed by atoms with Crippen molar-refractivity contribution in [3.8, 4) is 0 Å². The van der Waals surface area contributed by atoms with Gasteiger partial charge in [-0.15, -0.1) is 0 Å². The molecule has 0 spiro atoms. The summed E-state index contributed by atoms with van der Waals surface area (Å²) < 4.78 is 6.45. The summed E-state index contributed by atoms with van der Waals surface area (Å²) in [7, 11) is 0. The Morgan fingerprint density at radius 3 is 2.52 bits per heavy atom. The van der Waals surface area contributed by atoms with Crippen LogP contribution in [0.4, 0.5) is 0 Å². The van der Waals surface area contributed by atoms with Crippen LogP contribution in [0.15, 0.2) is 90.3 Å². The fraction of sp³-hybridized carbons (Fsp3) is 0.286. The number of aromatic nitrogens is 2. The van der Waals surface area contributed by atoms with Gasteiger partial charge in [0.15, 0.2) is 5.16 Å². The number of hydrogen-bond acceptors (Lipinski definition) is 5. The normalized spacial score (nSPS) is 18.4. The van der Waals surface area contributed by atoms with E-state index in [1.807, 2.05) is 6.07 Å². The first kappa shape index (κ1) is 22.1. The molecule has 5 rings (SSSR count). The Morgan fingerprint density at radius 1 is 0.879 bits per heavy atom. The zero-order chi connectivity index (χ0) is 22.3. The van der Waals surface area contributed by atoms with Crippen molar-refractivity contribution in [1.29, 1.82) is 0 Å². The van der Waals surface area contributed by atoms with Gasteiger partial charge in [0.25, 0.3) is 0 Å². The Bertz CT molecular complexity index is 1170. The molecule has 168 valence electrons. The fourth-order valence-electron chi connectivity index (χ4n) is 4.47. The van der Waals surface area contributed by atoms with Gasteiger partial charge in [-0.1, -0.05) is 72.4 Å². The Labute approximate surface area is 199 Å². The molecular formula is C28H29N3OS. The summed E-state index contributed by atoms with van der Waals surface area (Å²) in [5, 5.41) is 6.90. The summed E-state index contributed by atoms with van der Waals surface area (Å²) >= 11 is 1.70. The number of hydrogen-bond donors (Lipinski definition) is 1. The van der Waals surface area contributed by atoms with Crippen LogP contribution in [0.2, 0.25) is 0 Å². The van der Waals surface area contributed by atoms with E-state index in [9.17, 15) is 0 Å². The number of piperidine rings is 1. The molecule has 1 aliphatic rings. The lowest BCUT2D eigenvalue weighted by atomic mass is 9.87. The summed E-state index contributed by atoms with van der Waals surface area (Å²) in [4.78, 5) is 8.56. The molecule has 2 atom stereocenters. The molecule has 0 aliphatic carbocycles. The zero-order valence-electron chi connectivity index (χ0n) is 18.7. The fourth-order valence-corrected chi connectivity index (χ4v) is 5.26. The standard InChI is InChI=1S/C28H29N3OS/c1-2-5-25-18-22(8-9-23(25)4-1)20-32-27-19-29-16-12-26(27)24-10-6-21(7-11-24)13-17-33-28-30-14-3-15-31-28/h1-11,14-15,18,26-27,29H,12-13,16-17,19-20H2. The smallest absolute Gasteiger partial charge is 0.187 e. The second-order valence-electron chi connectivity index (χ2n) is 8.50. The second kappa shape index (κ2) is 10.9. The molecule has 1 saturated heterocycles. The number of benzene rings is 3. The largest absolute Gasteiger partial charge is 0.372 e. The van der Waals surface area contributed by atoms with E-state index in [0.717, 1.165) is 36.8 Å². The number of aryl methyl sites for hydroxylation is 1. The maximum Gasteiger partial charge on any atom is 0.187 e. The van der Waals surface area contributed by atoms with Gasteiger partial charge in [0, 0.05) is 30.6 Å². The highest BCUT2D eigenvalue weighted by atomic mass is 32.2. The average molecular weight is 456 g/mol. The molecule has 4 aromatic rings. The summed E-state index contributed by atoms with van der Waals surface area (Å²) in [6, 6.07) is 26.1. The van der Waals surface area contributed by atoms with E-state index in [4.69, 9.17) is 4.74 Å². The van der Waals surface area contributed by atoms with E-state index in [1.165, 1.54) is 27.5 Å². The first-order valence-electron chi connectivity index (χ1n) is 11.6. The van der Waals surface area contributed by atoms with Crippen LogP contribution in [0.25, 0.3) is 10.8 Å². The topological polar surface area (TPSA) is 47.0 Å². The molecule has 2 unspecified atom stereocenters. The van der Waals surface area contributed by atoms with E-state index < -0.39 is 0 Å². The van der Waals surface area contributed by atoms with Crippen LogP contribution in [0, 0.1) is 0 Å². The summed E-state index contributed by atoms with van der Waals surface area (Å²) in [6.07, 6.45) is 5.88. The molecule has 0 amide bonds. The SMILES string of the molecule is c1cnc(SCCc2ccc(C3CCNCC3OCc3ccc4ccccc4c3)cc2)nc1. The molecule has 1 N–H and O–H groups in total. The number of fused-ring (bicyclic) bond motifs is 1. The van der Waals surface area contributed by atoms with Crippen molar-refractivity contribution in [3.05, 3.63) is 102 Å². The third-order valence-electron chi connectivity index (χ3n) is 6.28. The minimum absolute atomic E-state index is 0.182. The van der Waals surface area contributed by atoms with Gasteiger partial charge in [0.05, 0.1) is 12.7 Å². The van der Waals surface area contributed by atoms with Gasteiger partial charge in [-0.25, -0.2) is 9.97 Å². The third kappa shape index (κ3) is 5.80. The first-order valence-corrected chi connectivity index (χ1v) is 12.6. The van der Waals surface area contributed by atoms with Crippen LogP contribution < -0.4 is 5.32 Å². The third-order valence-corrected chi connectivity index (χ3v) is 7.15. The maximum atomic E-state index is 6.45. The van der Waals surface area contributed by atoms with Crippen molar-refractivity contribution in [3.63, 3.8) is 0 Å². The molecule has 3 aromatic carbocycles. The number of nitrogens with zero attached hydrogens (tertiary/aromatic N) is 2. The average Bonchev–Trinajstić information content (AvgIpc) is 2.89. The minimum Gasteiger partial charge on any atom is -0.372 e. The Kier molecular flexibility index (Phi) is 7.31. The number of ether oxygens (including phenoxy) is 1. The lowest BCUT2D eigenvalue weighted by Crippen LogP contribution is -2.40. The van der Waals surface area contributed by atoms with E-state index >= 15 is 0 Å². The highest BCUT2D eigenvalue weighted by molar-refractivity contribution is 7.99. The van der Waals surface area contributed by atoms with Crippen molar-refractivity contribution in [2.75, 3.05) is 18.8 Å². The van der Waals surface area contributed by atoms with Crippen molar-refractivity contribution < 1.29 is 4.74 Å². The van der Waals surface area contributed by atoms with E-state index in [2.05, 4.69) is 82.0 Å². The predicted octanol–water partition coefficient (Wildman–Crippen LogP) is 5.63. The Hall–Kier alpha value is -2.73. The predicted molar refractivity (Wildman–Crippen MR) is 136 cm³/mol. The number of nitrogens with one attached hydrogen (secondary N) is 1. The molecular weight excluding hydrogens is 426 g/mol. The van der Waals surface area contributed by atoms with Crippen LogP contribution in [0.5, 0.6) is 0 Å². The molecule has 2 heterocycles. The first-order chi connectivity index (χ1) is 16.3. The molecule has 0 saturated carbocycles. The molecule has 5 heteroatoms. The van der Waals surface area contributed by atoms with Crippen LogP contribution in [-0.2, 0) is 17.8 Å². The lowest BCUT2D eigenvalue weighted by molar-refractivity contribution is 0.0106. The van der Waals surface area contributed by atoms with Gasteiger partial charge in [0.1, 0.15) is 0 Å². The monoisotopic (exact) mass is 455 g/mol. The van der Waals surface area contributed by atoms with E-state index in [-0.39, 0.29) is 6.10 Å². The highest BCUT2D eigenvalue weighted by Crippen LogP contribution is 2.29. The van der Waals surface area contributed by atoms with Gasteiger partial charge >= 0.3 is 0 Å². The van der Waals surface area contributed by atoms with Crippen LogP contribution in [0.3, 0.4) is 0 Å². The quantitative estimate of drug-likeness (QED) is 0.276. The van der Waals surface area contributed by atoms with Gasteiger partial charge < -0.3 is 10.1 Å². The lowest BCUT2D eigenvalue weighted by Gasteiger charge is -2.32. The molecule has 0 radical (unpaired) electrons. The maximum absolute atomic E-state index is 6.45. The molecule has 1 aromatic heterocycles. The van der Waals surface area contributed by atoms with Gasteiger partial charge in [0.2, 0.25) is 0 Å². The molecule has 1 fully saturated rings. The Morgan fingerprint density at radius 2 is 1.67 bits per heavy atom. The second-order valence-corrected chi connectivity index (χ2v) is 9.56. The minimum atomic E-state index is 0.182. The van der Waals surface area contributed by atoms with Crippen LogP contribution >= 0.6 is 11.8 Å². The van der Waals surface area contributed by atoms with Gasteiger partial charge in [-0.3, -0.25) is 0 Å². The van der Waals surface area contributed by atoms with Crippen LogP contribution in [0.1, 0.15) is 29.0 Å². The molecule has 1 aliphatic heterocycles. The number of thioether (sulfide) groups is 1. The van der Waals surface area contributed by atoms with Crippen LogP contribution in [-0.4, -0.2) is 34.9 Å². The molecule has 4 nitrogen and oxygen atoms in total. The summed E-state index contributed by atoms with van der Waals surface area (Å²) in [5.74, 6) is 1.40. The van der Waals surface area contributed by atoms with Gasteiger partial charge in [-0.05, 0) is 59.0 Å². The molecule has 33 heavy (non-hydrogen) atoms. The van der Waals surface area contributed by atoms with Gasteiger partial charge in [-0.2, -0.15) is 0 Å². The van der Waals surface area contributed by atoms with Crippen molar-refractivity contribution in [1.82, 2.24) is 15.3 Å². The summed E-state index contributed by atoms with van der Waals surface area (Å²) in [6.45, 7) is 2.58.